The predicted octanol–water partition coefficient (Wildman–Crippen LogP) is 3.85. The average molecular weight is 460 g/mol. The number of likely N-dealkylation sites (tertiary alicyclic amines) is 1. The van der Waals surface area contributed by atoms with Gasteiger partial charge in [0.1, 0.15) is 6.04 Å². The van der Waals surface area contributed by atoms with Crippen LogP contribution in [0.2, 0.25) is 0 Å². The number of nitro groups is 1. The zero-order chi connectivity index (χ0) is 24.1. The Balaban J connectivity index is 1.62. The summed E-state index contributed by atoms with van der Waals surface area (Å²) in [5, 5.41) is 11.1. The highest BCUT2D eigenvalue weighted by Crippen LogP contribution is 2.50. The largest absolute Gasteiger partial charge is 0.352 e. The molecule has 3 aliphatic heterocycles. The molecule has 0 aliphatic carbocycles. The van der Waals surface area contributed by atoms with Gasteiger partial charge in [0, 0.05) is 35.5 Å². The number of imide groups is 1. The molecule has 0 radical (unpaired) electrons. The van der Waals surface area contributed by atoms with Crippen molar-refractivity contribution >= 4 is 34.5 Å². The summed E-state index contributed by atoms with van der Waals surface area (Å²) in [5.74, 6) is -2.27. The molecule has 2 aromatic rings. The van der Waals surface area contributed by atoms with Crippen molar-refractivity contribution in [1.29, 1.82) is 0 Å². The summed E-state index contributed by atoms with van der Waals surface area (Å²) in [4.78, 5) is 54.7. The highest BCUT2D eigenvalue weighted by atomic mass is 16.6. The van der Waals surface area contributed by atoms with E-state index in [0.29, 0.717) is 13.0 Å². The Hall–Kier alpha value is -3.81. The number of unbranched alkanes of at least 4 members (excludes halogenated alkanes) is 1. The van der Waals surface area contributed by atoms with E-state index in [1.54, 1.807) is 0 Å². The summed E-state index contributed by atoms with van der Waals surface area (Å²) in [5.41, 5.74) is 2.96. The molecule has 3 aliphatic rings. The fraction of sp³-hybridized carbons (Fsp3) is 0.346. The van der Waals surface area contributed by atoms with E-state index in [9.17, 15) is 24.5 Å². The van der Waals surface area contributed by atoms with Crippen LogP contribution in [0.25, 0.3) is 5.57 Å². The van der Waals surface area contributed by atoms with Crippen LogP contribution >= 0.6 is 0 Å². The van der Waals surface area contributed by atoms with Crippen LogP contribution in [0.3, 0.4) is 0 Å². The van der Waals surface area contributed by atoms with Gasteiger partial charge in [-0.25, -0.2) is 0 Å². The second kappa shape index (κ2) is 8.20. The van der Waals surface area contributed by atoms with Gasteiger partial charge in [0.05, 0.1) is 22.8 Å². The van der Waals surface area contributed by atoms with Gasteiger partial charge in [0.25, 0.3) is 5.69 Å². The Bertz CT molecular complexity index is 1240. The predicted molar refractivity (Wildman–Crippen MR) is 126 cm³/mol. The lowest BCUT2D eigenvalue weighted by molar-refractivity contribution is -0.384. The molecule has 2 fully saturated rings. The molecular formula is C26H25N3O5. The lowest BCUT2D eigenvalue weighted by Crippen LogP contribution is -2.49. The van der Waals surface area contributed by atoms with Crippen LogP contribution in [0, 0.1) is 22.0 Å². The monoisotopic (exact) mass is 459 g/mol. The third-order valence-electron chi connectivity index (χ3n) is 7.21. The number of para-hydroxylation sites is 1. The summed E-state index contributed by atoms with van der Waals surface area (Å²) in [6.45, 7) is 4.33. The Morgan fingerprint density at radius 1 is 1.03 bits per heavy atom. The van der Waals surface area contributed by atoms with E-state index in [1.807, 2.05) is 49.1 Å². The number of amides is 2. The highest BCUT2D eigenvalue weighted by molar-refractivity contribution is 6.14. The van der Waals surface area contributed by atoms with Gasteiger partial charge < -0.3 is 4.90 Å². The van der Waals surface area contributed by atoms with E-state index in [-0.39, 0.29) is 28.8 Å². The van der Waals surface area contributed by atoms with Crippen molar-refractivity contribution in [2.45, 2.75) is 38.8 Å². The lowest BCUT2D eigenvalue weighted by Gasteiger charge is -2.38. The van der Waals surface area contributed by atoms with E-state index in [4.69, 9.17) is 0 Å². The molecule has 0 aromatic heterocycles. The third-order valence-corrected chi connectivity index (χ3v) is 7.21. The van der Waals surface area contributed by atoms with Crippen molar-refractivity contribution < 1.29 is 19.3 Å². The van der Waals surface area contributed by atoms with Crippen molar-refractivity contribution in [2.24, 2.45) is 11.8 Å². The second-order valence-electron chi connectivity index (χ2n) is 9.11. The first kappa shape index (κ1) is 22.0. The molecule has 2 amide bonds. The van der Waals surface area contributed by atoms with Gasteiger partial charge in [0.15, 0.2) is 5.78 Å². The first-order valence-electron chi connectivity index (χ1n) is 11.5. The van der Waals surface area contributed by atoms with Gasteiger partial charge in [-0.05, 0) is 37.1 Å². The normalized spacial score (nSPS) is 25.1. The average Bonchev–Trinajstić information content (AvgIpc) is 3.30. The van der Waals surface area contributed by atoms with Crippen molar-refractivity contribution in [1.82, 2.24) is 4.90 Å². The zero-order valence-corrected chi connectivity index (χ0v) is 19.0. The fourth-order valence-corrected chi connectivity index (χ4v) is 5.61. The minimum atomic E-state index is -0.870. The number of allylic oxidation sites excluding steroid dienone is 1. The Kier molecular flexibility index (Phi) is 5.31. The van der Waals surface area contributed by atoms with Gasteiger partial charge in [0.2, 0.25) is 11.8 Å². The molecule has 0 N–H and O–H groups in total. The minimum absolute atomic E-state index is 0.113. The summed E-state index contributed by atoms with van der Waals surface area (Å²) >= 11 is 0. The topological polar surface area (TPSA) is 101 Å². The number of benzene rings is 2. The maximum atomic E-state index is 13.9. The van der Waals surface area contributed by atoms with E-state index in [0.717, 1.165) is 23.2 Å². The SMILES string of the molecule is CCCCN1C(=O)[C@@H]2[C@H](C1=O)[C@H](C(=O)c1ccc([N+](=O)[O-])cc1)N1c3ccccc3C(C)=C[C@@H]21. The van der Waals surface area contributed by atoms with Gasteiger partial charge in [-0.15, -0.1) is 0 Å². The summed E-state index contributed by atoms with van der Waals surface area (Å²) in [7, 11) is 0. The van der Waals surface area contributed by atoms with Crippen LogP contribution in [0.15, 0.2) is 54.6 Å². The molecule has 8 nitrogen and oxygen atoms in total. The van der Waals surface area contributed by atoms with E-state index >= 15 is 0 Å². The van der Waals surface area contributed by atoms with Gasteiger partial charge in [-0.3, -0.25) is 29.4 Å². The number of non-ortho nitro benzene ring substituents is 1. The zero-order valence-electron chi connectivity index (χ0n) is 19.0. The molecule has 0 unspecified atom stereocenters. The number of fused-ring (bicyclic) bond motifs is 5. The van der Waals surface area contributed by atoms with Crippen LogP contribution in [0.5, 0.6) is 0 Å². The molecule has 34 heavy (non-hydrogen) atoms. The van der Waals surface area contributed by atoms with Crippen LogP contribution < -0.4 is 4.90 Å². The standard InChI is InChI=1S/C26H25N3O5/c1-3-4-13-27-25(31)21-20-14-15(2)18-7-5-6-8-19(18)28(20)23(22(21)26(27)32)24(30)16-9-11-17(12-10-16)29(33)34/h5-12,14,20-23H,3-4,13H2,1-2H3/t20-,21-,22-,23+/m0/s1. The molecular weight excluding hydrogens is 434 g/mol. The smallest absolute Gasteiger partial charge is 0.269 e. The molecule has 174 valence electrons. The van der Waals surface area contributed by atoms with E-state index < -0.39 is 28.8 Å². The van der Waals surface area contributed by atoms with Crippen LogP contribution in [0.4, 0.5) is 11.4 Å². The molecule has 8 heteroatoms. The first-order chi connectivity index (χ1) is 16.3. The molecule has 2 aromatic carbocycles. The van der Waals surface area contributed by atoms with Gasteiger partial charge in [-0.2, -0.15) is 0 Å². The number of hydrogen-bond acceptors (Lipinski definition) is 6. The van der Waals surface area contributed by atoms with Crippen LogP contribution in [-0.4, -0.2) is 46.0 Å². The van der Waals surface area contributed by atoms with Gasteiger partial charge >= 0.3 is 0 Å². The summed E-state index contributed by atoms with van der Waals surface area (Å²) < 4.78 is 0. The molecule has 0 saturated carbocycles. The van der Waals surface area contributed by atoms with E-state index in [1.165, 1.54) is 29.2 Å². The Morgan fingerprint density at radius 3 is 2.38 bits per heavy atom. The highest BCUT2D eigenvalue weighted by Gasteiger charge is 2.64. The maximum absolute atomic E-state index is 13.9. The molecule has 0 bridgehead atoms. The molecule has 3 heterocycles. The molecule has 2 saturated heterocycles. The van der Waals surface area contributed by atoms with Crippen LogP contribution in [-0.2, 0) is 9.59 Å². The summed E-state index contributed by atoms with van der Waals surface area (Å²) in [6.07, 6.45) is 3.56. The number of nitro benzene ring substituents is 1. The Labute approximate surface area is 197 Å². The first-order valence-corrected chi connectivity index (χ1v) is 11.5. The van der Waals surface area contributed by atoms with Gasteiger partial charge in [-0.1, -0.05) is 37.6 Å². The summed E-state index contributed by atoms with van der Waals surface area (Å²) in [6, 6.07) is 11.8. The van der Waals surface area contributed by atoms with Crippen molar-refractivity contribution in [2.75, 3.05) is 11.4 Å². The Morgan fingerprint density at radius 2 is 1.71 bits per heavy atom. The minimum Gasteiger partial charge on any atom is -0.352 e. The molecule has 4 atom stereocenters. The maximum Gasteiger partial charge on any atom is 0.269 e. The number of hydrogen-bond donors (Lipinski definition) is 0. The number of ketones is 1. The molecule has 5 rings (SSSR count). The number of carbonyl (C=O) groups is 3. The van der Waals surface area contributed by atoms with E-state index in [2.05, 4.69) is 0 Å². The number of carbonyl (C=O) groups excluding carboxylic acids is 3. The number of anilines is 1. The quantitative estimate of drug-likeness (QED) is 0.281. The number of Topliss-reactive ketones (excluding diaryl/α,β-unsaturated/α-hetero) is 1. The third kappa shape index (κ3) is 3.16. The van der Waals surface area contributed by atoms with Crippen molar-refractivity contribution in [3.8, 4) is 0 Å². The number of rotatable bonds is 6. The second-order valence-corrected chi connectivity index (χ2v) is 9.11. The molecule has 0 spiro atoms. The van der Waals surface area contributed by atoms with Crippen molar-refractivity contribution in [3.63, 3.8) is 0 Å². The lowest BCUT2D eigenvalue weighted by atomic mass is 9.85. The van der Waals surface area contributed by atoms with Crippen LogP contribution in [0.1, 0.15) is 42.6 Å². The fourth-order valence-electron chi connectivity index (χ4n) is 5.61. The van der Waals surface area contributed by atoms with Crippen molar-refractivity contribution in [3.05, 3.63) is 75.8 Å². The number of nitrogens with zero attached hydrogens (tertiary/aromatic N) is 3.